The molecule has 0 saturated carbocycles. The number of allylic oxidation sites excluding steroid dienone is 3. The molecule has 4 heteroatoms. The molecule has 1 aliphatic carbocycles. The fraction of sp³-hybridized carbons (Fsp3) is 0.200. The number of hydrogen-bond acceptors (Lipinski definition) is 2. The van der Waals surface area contributed by atoms with Gasteiger partial charge in [0, 0.05) is 6.20 Å². The van der Waals surface area contributed by atoms with Crippen molar-refractivity contribution in [3.05, 3.63) is 42.5 Å². The van der Waals surface area contributed by atoms with E-state index in [1.165, 1.54) is 6.33 Å². The minimum absolute atomic E-state index is 0.459. The standard InChI is InChI=1S/C10H10N2O2/c13-9(14)10(4-2-1-3-5-10)8-6-11-7-12-8/h1-4,6-7H,5H2,(H,11,12)(H,13,14). The van der Waals surface area contributed by atoms with Gasteiger partial charge in [0.2, 0.25) is 0 Å². The average molecular weight is 190 g/mol. The van der Waals surface area contributed by atoms with Gasteiger partial charge in [-0.25, -0.2) is 4.98 Å². The van der Waals surface area contributed by atoms with E-state index >= 15 is 0 Å². The number of H-pyrrole nitrogens is 1. The summed E-state index contributed by atoms with van der Waals surface area (Å²) in [6.07, 6.45) is 10.6. The highest BCUT2D eigenvalue weighted by Crippen LogP contribution is 2.31. The van der Waals surface area contributed by atoms with Crippen molar-refractivity contribution in [2.24, 2.45) is 0 Å². The maximum Gasteiger partial charge on any atom is 0.319 e. The van der Waals surface area contributed by atoms with Gasteiger partial charge >= 0.3 is 5.97 Å². The van der Waals surface area contributed by atoms with Crippen LogP contribution in [0.3, 0.4) is 0 Å². The van der Waals surface area contributed by atoms with Gasteiger partial charge < -0.3 is 10.1 Å². The van der Waals surface area contributed by atoms with E-state index in [1.54, 1.807) is 18.3 Å². The lowest BCUT2D eigenvalue weighted by Crippen LogP contribution is -2.34. The maximum atomic E-state index is 11.2. The Kier molecular flexibility index (Phi) is 1.96. The minimum atomic E-state index is -0.967. The first-order valence-corrected chi connectivity index (χ1v) is 4.32. The smallest absolute Gasteiger partial charge is 0.319 e. The van der Waals surface area contributed by atoms with Crippen molar-refractivity contribution in [3.63, 3.8) is 0 Å². The van der Waals surface area contributed by atoms with Crippen molar-refractivity contribution < 1.29 is 9.90 Å². The van der Waals surface area contributed by atoms with Crippen molar-refractivity contribution in [2.75, 3.05) is 0 Å². The van der Waals surface area contributed by atoms with Crippen LogP contribution in [-0.4, -0.2) is 21.0 Å². The molecule has 1 aliphatic rings. The molecule has 2 N–H and O–H groups in total. The highest BCUT2D eigenvalue weighted by Gasteiger charge is 2.38. The largest absolute Gasteiger partial charge is 0.480 e. The summed E-state index contributed by atoms with van der Waals surface area (Å²) in [5, 5.41) is 9.23. The van der Waals surface area contributed by atoms with Crippen molar-refractivity contribution in [1.29, 1.82) is 0 Å². The maximum absolute atomic E-state index is 11.2. The van der Waals surface area contributed by atoms with Gasteiger partial charge in [-0.3, -0.25) is 4.79 Å². The molecule has 14 heavy (non-hydrogen) atoms. The molecular formula is C10H10N2O2. The molecule has 1 aromatic rings. The summed E-state index contributed by atoms with van der Waals surface area (Å²) in [5.41, 5.74) is -0.351. The second-order valence-electron chi connectivity index (χ2n) is 3.23. The molecule has 0 bridgehead atoms. The van der Waals surface area contributed by atoms with E-state index in [2.05, 4.69) is 9.97 Å². The van der Waals surface area contributed by atoms with Crippen LogP contribution in [0.5, 0.6) is 0 Å². The number of imidazole rings is 1. The van der Waals surface area contributed by atoms with Crippen LogP contribution < -0.4 is 0 Å². The molecule has 0 aliphatic heterocycles. The van der Waals surface area contributed by atoms with Crippen LogP contribution in [0.2, 0.25) is 0 Å². The topological polar surface area (TPSA) is 66.0 Å². The van der Waals surface area contributed by atoms with Gasteiger partial charge in [-0.15, -0.1) is 0 Å². The number of carbonyl (C=O) groups is 1. The molecule has 72 valence electrons. The molecule has 0 amide bonds. The average Bonchev–Trinajstić information content (AvgIpc) is 2.72. The third kappa shape index (κ3) is 1.16. The van der Waals surface area contributed by atoms with Crippen molar-refractivity contribution in [1.82, 2.24) is 9.97 Å². The molecule has 1 aromatic heterocycles. The molecule has 4 nitrogen and oxygen atoms in total. The summed E-state index contributed by atoms with van der Waals surface area (Å²) in [6, 6.07) is 0. The van der Waals surface area contributed by atoms with E-state index in [9.17, 15) is 9.90 Å². The summed E-state index contributed by atoms with van der Waals surface area (Å²) >= 11 is 0. The zero-order valence-electron chi connectivity index (χ0n) is 7.47. The normalized spacial score (nSPS) is 25.1. The van der Waals surface area contributed by atoms with Gasteiger partial charge in [0.1, 0.15) is 5.41 Å². The predicted molar refractivity (Wildman–Crippen MR) is 50.8 cm³/mol. The third-order valence-corrected chi connectivity index (χ3v) is 2.43. The predicted octanol–water partition coefficient (Wildman–Crippen LogP) is 1.25. The molecule has 0 saturated heterocycles. The third-order valence-electron chi connectivity index (χ3n) is 2.43. The molecular weight excluding hydrogens is 180 g/mol. The Morgan fingerprint density at radius 2 is 2.43 bits per heavy atom. The lowest BCUT2D eigenvalue weighted by molar-refractivity contribution is -0.142. The van der Waals surface area contributed by atoms with Crippen molar-refractivity contribution in [2.45, 2.75) is 11.8 Å². The van der Waals surface area contributed by atoms with Crippen LogP contribution >= 0.6 is 0 Å². The molecule has 0 radical (unpaired) electrons. The van der Waals surface area contributed by atoms with Gasteiger partial charge in [-0.1, -0.05) is 24.3 Å². The highest BCUT2D eigenvalue weighted by molar-refractivity contribution is 5.84. The monoisotopic (exact) mass is 190 g/mol. The number of carboxylic acids is 1. The van der Waals surface area contributed by atoms with Crippen LogP contribution in [0.25, 0.3) is 0 Å². The van der Waals surface area contributed by atoms with E-state index < -0.39 is 11.4 Å². The van der Waals surface area contributed by atoms with Crippen LogP contribution in [0.4, 0.5) is 0 Å². The summed E-state index contributed by atoms with van der Waals surface area (Å²) < 4.78 is 0. The van der Waals surface area contributed by atoms with E-state index in [1.807, 2.05) is 12.2 Å². The Labute approximate surface area is 81.0 Å². The highest BCUT2D eigenvalue weighted by atomic mass is 16.4. The number of nitrogens with one attached hydrogen (secondary N) is 1. The Hall–Kier alpha value is -1.84. The van der Waals surface area contributed by atoms with Crippen molar-refractivity contribution >= 4 is 5.97 Å². The number of nitrogens with zero attached hydrogens (tertiary/aromatic N) is 1. The number of aromatic amines is 1. The molecule has 1 unspecified atom stereocenters. The zero-order valence-corrected chi connectivity index (χ0v) is 7.47. The lowest BCUT2D eigenvalue weighted by Gasteiger charge is -2.24. The Bertz CT molecular complexity index is 392. The van der Waals surface area contributed by atoms with E-state index in [0.717, 1.165) is 0 Å². The number of aromatic nitrogens is 2. The number of rotatable bonds is 2. The van der Waals surface area contributed by atoms with Crippen molar-refractivity contribution in [3.8, 4) is 0 Å². The van der Waals surface area contributed by atoms with Gasteiger partial charge in [0.05, 0.1) is 12.0 Å². The van der Waals surface area contributed by atoms with Gasteiger partial charge in [-0.05, 0) is 6.42 Å². The molecule has 0 fully saturated rings. The molecule has 2 rings (SSSR count). The molecule has 1 heterocycles. The quantitative estimate of drug-likeness (QED) is 0.737. The number of carboxylic acid groups (broad SMARTS) is 1. The lowest BCUT2D eigenvalue weighted by atomic mass is 9.79. The van der Waals surface area contributed by atoms with E-state index in [4.69, 9.17) is 0 Å². The fourth-order valence-electron chi connectivity index (χ4n) is 1.59. The van der Waals surface area contributed by atoms with Crippen LogP contribution in [0.15, 0.2) is 36.8 Å². The van der Waals surface area contributed by atoms with Gasteiger partial charge in [0.15, 0.2) is 0 Å². The second kappa shape index (κ2) is 3.14. The number of hydrogen-bond donors (Lipinski definition) is 2. The second-order valence-corrected chi connectivity index (χ2v) is 3.23. The van der Waals surface area contributed by atoms with Gasteiger partial charge in [-0.2, -0.15) is 0 Å². The van der Waals surface area contributed by atoms with E-state index in [0.29, 0.717) is 12.1 Å². The van der Waals surface area contributed by atoms with Crippen LogP contribution in [0.1, 0.15) is 12.1 Å². The van der Waals surface area contributed by atoms with E-state index in [-0.39, 0.29) is 0 Å². The Morgan fingerprint density at radius 1 is 1.57 bits per heavy atom. The summed E-state index contributed by atoms with van der Waals surface area (Å²) in [5.74, 6) is -0.859. The Morgan fingerprint density at radius 3 is 2.93 bits per heavy atom. The minimum Gasteiger partial charge on any atom is -0.480 e. The first-order valence-electron chi connectivity index (χ1n) is 4.32. The molecule has 0 spiro atoms. The molecule has 0 aromatic carbocycles. The van der Waals surface area contributed by atoms with Crippen LogP contribution in [-0.2, 0) is 10.2 Å². The zero-order chi connectivity index (χ0) is 10.0. The molecule has 1 atom stereocenters. The summed E-state index contributed by atoms with van der Waals surface area (Å²) in [4.78, 5) is 17.9. The Balaban J connectivity index is 2.47. The summed E-state index contributed by atoms with van der Waals surface area (Å²) in [7, 11) is 0. The SMILES string of the molecule is O=C(O)C1(c2cnc[nH]2)C=CC=CC1. The fourth-order valence-corrected chi connectivity index (χ4v) is 1.59. The number of aliphatic carboxylic acids is 1. The first kappa shape index (κ1) is 8.74. The van der Waals surface area contributed by atoms with Gasteiger partial charge in [0.25, 0.3) is 0 Å². The first-order chi connectivity index (χ1) is 6.76. The van der Waals surface area contributed by atoms with Crippen LogP contribution in [0, 0.1) is 0 Å². The summed E-state index contributed by atoms with van der Waals surface area (Å²) in [6.45, 7) is 0.